The zero-order valence-corrected chi connectivity index (χ0v) is 18.7. The molecule has 164 valence electrons. The van der Waals surface area contributed by atoms with E-state index in [1.165, 1.54) is 10.8 Å². The summed E-state index contributed by atoms with van der Waals surface area (Å²) in [6.07, 6.45) is 0. The minimum absolute atomic E-state index is 0.873. The normalized spacial score (nSPS) is 12.0. The number of H-pyrrole nitrogens is 1. The molecule has 3 aromatic heterocycles. The first kappa shape index (κ1) is 18.6. The number of rotatable bonds is 2. The van der Waals surface area contributed by atoms with Gasteiger partial charge in [0, 0.05) is 38.9 Å². The number of benzene rings is 5. The van der Waals surface area contributed by atoms with Crippen molar-refractivity contribution in [2.75, 3.05) is 0 Å². The van der Waals surface area contributed by atoms with E-state index in [1.54, 1.807) is 0 Å². The molecule has 8 rings (SSSR count). The Morgan fingerprint density at radius 3 is 2.31 bits per heavy atom. The molecule has 0 saturated heterocycles. The molecule has 8 aromatic rings. The number of imidazole rings is 1. The lowest BCUT2D eigenvalue weighted by atomic mass is 10.1. The lowest BCUT2D eigenvalue weighted by molar-refractivity contribution is 0.669. The lowest BCUT2D eigenvalue weighted by Crippen LogP contribution is -1.93. The van der Waals surface area contributed by atoms with Crippen molar-refractivity contribution in [1.29, 1.82) is 0 Å². The highest BCUT2D eigenvalue weighted by molar-refractivity contribution is 6.17. The average Bonchev–Trinajstić information content (AvgIpc) is 3.59. The molecule has 0 radical (unpaired) electrons. The number of nitrogens with one attached hydrogen (secondary N) is 1. The summed E-state index contributed by atoms with van der Waals surface area (Å²) < 4.78 is 8.57. The summed E-state index contributed by atoms with van der Waals surface area (Å²) in [7, 11) is 0. The van der Waals surface area contributed by atoms with E-state index in [4.69, 9.17) is 9.40 Å². The molecular weight excluding hydrogens is 430 g/mol. The zero-order chi connectivity index (χ0) is 22.9. The van der Waals surface area contributed by atoms with Crippen LogP contribution in [0.15, 0.2) is 114 Å². The largest absolute Gasteiger partial charge is 0.456 e. The van der Waals surface area contributed by atoms with Gasteiger partial charge in [-0.3, -0.25) is 0 Å². The molecule has 0 spiro atoms. The first-order valence-electron chi connectivity index (χ1n) is 11.7. The molecule has 0 aliphatic rings. The van der Waals surface area contributed by atoms with Crippen LogP contribution in [0.1, 0.15) is 0 Å². The summed E-state index contributed by atoms with van der Waals surface area (Å²) in [5.74, 6) is 0.873. The fraction of sp³-hybridized carbons (Fsp3) is 0. The Morgan fingerprint density at radius 2 is 1.40 bits per heavy atom. The molecule has 4 heteroatoms. The molecule has 5 aromatic carbocycles. The van der Waals surface area contributed by atoms with Crippen LogP contribution in [-0.2, 0) is 0 Å². The first-order chi connectivity index (χ1) is 17.3. The second-order valence-electron chi connectivity index (χ2n) is 8.97. The molecule has 0 bridgehead atoms. The molecule has 0 aliphatic heterocycles. The van der Waals surface area contributed by atoms with Crippen LogP contribution in [0.5, 0.6) is 0 Å². The predicted molar refractivity (Wildman–Crippen MR) is 143 cm³/mol. The molecule has 0 aliphatic carbocycles. The first-order valence-corrected chi connectivity index (χ1v) is 11.7. The average molecular weight is 450 g/mol. The van der Waals surface area contributed by atoms with Crippen LogP contribution in [0.25, 0.3) is 71.9 Å². The minimum Gasteiger partial charge on any atom is -0.456 e. The Balaban J connectivity index is 1.48. The van der Waals surface area contributed by atoms with Gasteiger partial charge < -0.3 is 14.0 Å². The van der Waals surface area contributed by atoms with E-state index in [0.717, 1.165) is 61.1 Å². The summed E-state index contributed by atoms with van der Waals surface area (Å²) in [6, 6.07) is 38.0. The van der Waals surface area contributed by atoms with Crippen molar-refractivity contribution in [3.8, 4) is 17.1 Å². The Bertz CT molecular complexity index is 2030. The molecular formula is C31H19N3O. The highest BCUT2D eigenvalue weighted by Crippen LogP contribution is 2.39. The van der Waals surface area contributed by atoms with Crippen molar-refractivity contribution in [3.63, 3.8) is 0 Å². The summed E-state index contributed by atoms with van der Waals surface area (Å²) in [5.41, 5.74) is 8.26. The molecule has 0 unspecified atom stereocenters. The SMILES string of the molecule is c1ccc(-n2c3cc(-c4nc5ccccc5[nH]4)ccc3c3cc4c(cc32)oc2ccccc24)cc1. The third kappa shape index (κ3) is 2.65. The predicted octanol–water partition coefficient (Wildman–Crippen LogP) is 8.23. The van der Waals surface area contributed by atoms with Crippen LogP contribution in [-0.4, -0.2) is 14.5 Å². The minimum atomic E-state index is 0.873. The van der Waals surface area contributed by atoms with Gasteiger partial charge in [-0.25, -0.2) is 4.98 Å². The van der Waals surface area contributed by atoms with E-state index in [-0.39, 0.29) is 0 Å². The van der Waals surface area contributed by atoms with Crippen LogP contribution >= 0.6 is 0 Å². The topological polar surface area (TPSA) is 46.8 Å². The summed E-state index contributed by atoms with van der Waals surface area (Å²) in [4.78, 5) is 8.31. The maximum atomic E-state index is 6.25. The summed E-state index contributed by atoms with van der Waals surface area (Å²) in [6.45, 7) is 0. The Kier molecular flexibility index (Phi) is 3.63. The third-order valence-corrected chi connectivity index (χ3v) is 6.94. The second-order valence-corrected chi connectivity index (χ2v) is 8.97. The number of para-hydroxylation sites is 4. The van der Waals surface area contributed by atoms with Gasteiger partial charge in [0.05, 0.1) is 22.1 Å². The Labute approximate surface area is 200 Å². The summed E-state index contributed by atoms with van der Waals surface area (Å²) in [5, 5.41) is 4.69. The maximum Gasteiger partial charge on any atom is 0.138 e. The van der Waals surface area contributed by atoms with Crippen molar-refractivity contribution < 1.29 is 4.42 Å². The second kappa shape index (κ2) is 6.84. The number of hydrogen-bond donors (Lipinski definition) is 1. The van der Waals surface area contributed by atoms with Gasteiger partial charge in [0.25, 0.3) is 0 Å². The van der Waals surface area contributed by atoms with Crippen molar-refractivity contribution in [3.05, 3.63) is 109 Å². The molecule has 3 heterocycles. The quantitative estimate of drug-likeness (QED) is 0.289. The number of fused-ring (bicyclic) bond motifs is 7. The van der Waals surface area contributed by atoms with E-state index in [9.17, 15) is 0 Å². The van der Waals surface area contributed by atoms with Gasteiger partial charge in [-0.2, -0.15) is 0 Å². The Morgan fingerprint density at radius 1 is 0.600 bits per heavy atom. The monoisotopic (exact) mass is 449 g/mol. The van der Waals surface area contributed by atoms with Gasteiger partial charge >= 0.3 is 0 Å². The van der Waals surface area contributed by atoms with Gasteiger partial charge in [-0.15, -0.1) is 0 Å². The fourth-order valence-corrected chi connectivity index (χ4v) is 5.33. The number of aromatic nitrogens is 3. The molecule has 0 saturated carbocycles. The van der Waals surface area contributed by atoms with Gasteiger partial charge in [-0.05, 0) is 42.5 Å². The van der Waals surface area contributed by atoms with E-state index in [1.807, 2.05) is 30.3 Å². The molecule has 0 amide bonds. The van der Waals surface area contributed by atoms with E-state index >= 15 is 0 Å². The number of nitrogens with zero attached hydrogens (tertiary/aromatic N) is 2. The van der Waals surface area contributed by atoms with Crippen LogP contribution in [0, 0.1) is 0 Å². The number of furan rings is 1. The van der Waals surface area contributed by atoms with Gasteiger partial charge in [0.2, 0.25) is 0 Å². The van der Waals surface area contributed by atoms with Crippen molar-refractivity contribution >= 4 is 54.8 Å². The van der Waals surface area contributed by atoms with E-state index in [0.29, 0.717) is 0 Å². The lowest BCUT2D eigenvalue weighted by Gasteiger charge is -2.08. The maximum absolute atomic E-state index is 6.25. The van der Waals surface area contributed by atoms with Crippen molar-refractivity contribution in [2.45, 2.75) is 0 Å². The molecule has 0 atom stereocenters. The van der Waals surface area contributed by atoms with Crippen molar-refractivity contribution in [2.24, 2.45) is 0 Å². The van der Waals surface area contributed by atoms with Crippen molar-refractivity contribution in [1.82, 2.24) is 14.5 Å². The molecule has 35 heavy (non-hydrogen) atoms. The molecule has 4 nitrogen and oxygen atoms in total. The number of hydrogen-bond acceptors (Lipinski definition) is 2. The molecule has 0 fully saturated rings. The van der Waals surface area contributed by atoms with Crippen LogP contribution in [0.2, 0.25) is 0 Å². The smallest absolute Gasteiger partial charge is 0.138 e. The molecule has 1 N–H and O–H groups in total. The van der Waals surface area contributed by atoms with Crippen LogP contribution in [0.4, 0.5) is 0 Å². The standard InChI is InChI=1S/C31H19N3O/c1-2-8-20(9-3-1)34-27-16-19(31-32-25-11-5-6-12-26(25)33-31)14-15-21(27)23-17-24-22-10-4-7-13-29(22)35-30(24)18-28(23)34/h1-18H,(H,32,33). The zero-order valence-electron chi connectivity index (χ0n) is 18.7. The highest BCUT2D eigenvalue weighted by atomic mass is 16.3. The fourth-order valence-electron chi connectivity index (χ4n) is 5.33. The van der Waals surface area contributed by atoms with Crippen LogP contribution in [0.3, 0.4) is 0 Å². The van der Waals surface area contributed by atoms with E-state index < -0.39 is 0 Å². The Hall–Kier alpha value is -4.83. The van der Waals surface area contributed by atoms with E-state index in [2.05, 4.69) is 88.4 Å². The van der Waals surface area contributed by atoms with Gasteiger partial charge in [-0.1, -0.05) is 60.7 Å². The third-order valence-electron chi connectivity index (χ3n) is 6.94. The highest BCUT2D eigenvalue weighted by Gasteiger charge is 2.17. The van der Waals surface area contributed by atoms with Crippen LogP contribution < -0.4 is 0 Å². The van der Waals surface area contributed by atoms with Gasteiger partial charge in [0.15, 0.2) is 0 Å². The van der Waals surface area contributed by atoms with Gasteiger partial charge in [0.1, 0.15) is 17.0 Å². The number of aromatic amines is 1. The summed E-state index contributed by atoms with van der Waals surface area (Å²) >= 11 is 0.